The van der Waals surface area contributed by atoms with Gasteiger partial charge in [0.15, 0.2) is 0 Å². The van der Waals surface area contributed by atoms with E-state index >= 15 is 0 Å². The molecule has 6 nitrogen and oxygen atoms in total. The van der Waals surface area contributed by atoms with Crippen LogP contribution in [0.2, 0.25) is 5.02 Å². The standard InChI is InChI=1S/C25H16Br2ClFN2O4S/c26-17-9-15(10-18(27)23(17)35-13-14-5-7-16(29)8-6-14)11-21-24(33)31(25(34)36-21)12-22(32)30-20-4-2-1-3-19(20)28/h1-11H,12-13H2,(H,30,32)/b21-11+. The lowest BCUT2D eigenvalue weighted by molar-refractivity contribution is -0.127. The van der Waals surface area contributed by atoms with Crippen LogP contribution in [-0.2, 0) is 16.2 Å². The van der Waals surface area contributed by atoms with Gasteiger partial charge in [-0.2, -0.15) is 0 Å². The fraction of sp³-hybridized carbons (Fsp3) is 0.0800. The minimum Gasteiger partial charge on any atom is -0.487 e. The Morgan fingerprint density at radius 1 is 1.08 bits per heavy atom. The zero-order valence-electron chi connectivity index (χ0n) is 18.3. The molecule has 0 spiro atoms. The van der Waals surface area contributed by atoms with Crippen molar-refractivity contribution in [3.63, 3.8) is 0 Å². The van der Waals surface area contributed by atoms with Crippen LogP contribution in [0, 0.1) is 5.82 Å². The van der Waals surface area contributed by atoms with Crippen molar-refractivity contribution in [2.24, 2.45) is 0 Å². The summed E-state index contributed by atoms with van der Waals surface area (Å²) in [6, 6.07) is 16.1. The largest absolute Gasteiger partial charge is 0.487 e. The van der Waals surface area contributed by atoms with E-state index in [1.54, 1.807) is 54.6 Å². The van der Waals surface area contributed by atoms with Crippen LogP contribution in [0.5, 0.6) is 5.75 Å². The van der Waals surface area contributed by atoms with Crippen LogP contribution in [-0.4, -0.2) is 28.5 Å². The third-order valence-corrected chi connectivity index (χ3v) is 7.35. The number of halogens is 4. The number of hydrogen-bond donors (Lipinski definition) is 1. The highest BCUT2D eigenvalue weighted by atomic mass is 79.9. The number of hydrogen-bond acceptors (Lipinski definition) is 5. The molecule has 1 aliphatic rings. The van der Waals surface area contributed by atoms with Gasteiger partial charge in [-0.25, -0.2) is 4.39 Å². The van der Waals surface area contributed by atoms with Gasteiger partial charge in [0.2, 0.25) is 5.91 Å². The first-order valence-corrected chi connectivity index (χ1v) is 13.2. The molecule has 1 heterocycles. The first-order chi connectivity index (χ1) is 17.2. The van der Waals surface area contributed by atoms with Crippen molar-refractivity contribution in [3.8, 4) is 5.75 Å². The van der Waals surface area contributed by atoms with Crippen molar-refractivity contribution in [1.29, 1.82) is 0 Å². The minimum absolute atomic E-state index is 0.185. The number of amides is 3. The summed E-state index contributed by atoms with van der Waals surface area (Å²) >= 11 is 13.7. The van der Waals surface area contributed by atoms with E-state index in [4.69, 9.17) is 16.3 Å². The number of nitrogens with one attached hydrogen (secondary N) is 1. The van der Waals surface area contributed by atoms with E-state index < -0.39 is 23.6 Å². The second kappa shape index (κ2) is 11.6. The summed E-state index contributed by atoms with van der Waals surface area (Å²) in [5, 5.41) is 2.40. The molecule has 1 aliphatic heterocycles. The molecule has 0 aromatic heterocycles. The van der Waals surface area contributed by atoms with Crippen molar-refractivity contribution >= 4 is 84.0 Å². The summed E-state index contributed by atoms with van der Waals surface area (Å²) in [6.07, 6.45) is 1.57. The number of thioether (sulfide) groups is 1. The number of rotatable bonds is 7. The van der Waals surface area contributed by atoms with Gasteiger partial charge in [-0.1, -0.05) is 35.9 Å². The van der Waals surface area contributed by atoms with Crippen molar-refractivity contribution in [3.05, 3.63) is 96.5 Å². The van der Waals surface area contributed by atoms with Crippen LogP contribution < -0.4 is 10.1 Å². The second-order valence-corrected chi connectivity index (χ2v) is 10.6. The number of carbonyl (C=O) groups excluding carboxylic acids is 3. The molecule has 36 heavy (non-hydrogen) atoms. The summed E-state index contributed by atoms with van der Waals surface area (Å²) in [5.41, 5.74) is 1.82. The van der Waals surface area contributed by atoms with Crippen LogP contribution in [0.3, 0.4) is 0 Å². The smallest absolute Gasteiger partial charge is 0.294 e. The summed E-state index contributed by atoms with van der Waals surface area (Å²) in [4.78, 5) is 38.7. The van der Waals surface area contributed by atoms with E-state index in [1.807, 2.05) is 0 Å². The first-order valence-electron chi connectivity index (χ1n) is 10.4. The Hall–Kier alpha value is -2.66. The molecule has 1 fully saturated rings. The molecule has 1 N–H and O–H groups in total. The monoisotopic (exact) mass is 652 g/mol. The van der Waals surface area contributed by atoms with E-state index in [1.165, 1.54) is 12.1 Å². The van der Waals surface area contributed by atoms with Gasteiger partial charge in [0, 0.05) is 0 Å². The molecule has 0 unspecified atom stereocenters. The summed E-state index contributed by atoms with van der Waals surface area (Å²) in [5.74, 6) is -0.903. The molecule has 1 saturated heterocycles. The zero-order chi connectivity index (χ0) is 25.8. The zero-order valence-corrected chi connectivity index (χ0v) is 23.0. The number of imide groups is 1. The maximum absolute atomic E-state index is 13.1. The lowest BCUT2D eigenvalue weighted by Gasteiger charge is -2.13. The molecule has 0 atom stereocenters. The number of ether oxygens (including phenoxy) is 1. The summed E-state index contributed by atoms with van der Waals surface area (Å²) in [7, 11) is 0. The van der Waals surface area contributed by atoms with Crippen LogP contribution in [0.25, 0.3) is 6.08 Å². The Bertz CT molecular complexity index is 1360. The molecule has 11 heteroatoms. The molecule has 184 valence electrons. The molecule has 0 aliphatic carbocycles. The molecule has 0 bridgehead atoms. The first kappa shape index (κ1) is 26.4. The maximum Gasteiger partial charge on any atom is 0.294 e. The summed E-state index contributed by atoms with van der Waals surface area (Å²) in [6.45, 7) is -0.206. The number of nitrogens with zero attached hydrogens (tertiary/aromatic N) is 1. The van der Waals surface area contributed by atoms with E-state index in [0.29, 0.717) is 31.0 Å². The predicted molar refractivity (Wildman–Crippen MR) is 145 cm³/mol. The third kappa shape index (κ3) is 6.36. The lowest BCUT2D eigenvalue weighted by atomic mass is 10.2. The Kier molecular flexibility index (Phi) is 8.50. The van der Waals surface area contributed by atoms with Crippen molar-refractivity contribution in [2.75, 3.05) is 11.9 Å². The van der Waals surface area contributed by atoms with Gasteiger partial charge in [-0.15, -0.1) is 0 Å². The molecule has 3 aromatic carbocycles. The Morgan fingerprint density at radius 2 is 1.75 bits per heavy atom. The highest BCUT2D eigenvalue weighted by molar-refractivity contribution is 9.11. The highest BCUT2D eigenvalue weighted by Gasteiger charge is 2.36. The van der Waals surface area contributed by atoms with Crippen LogP contribution >= 0.6 is 55.2 Å². The lowest BCUT2D eigenvalue weighted by Crippen LogP contribution is -2.36. The predicted octanol–water partition coefficient (Wildman–Crippen LogP) is 7.26. The molecule has 3 aromatic rings. The average Bonchev–Trinajstić information content (AvgIpc) is 3.08. The fourth-order valence-electron chi connectivity index (χ4n) is 3.22. The van der Waals surface area contributed by atoms with E-state index in [9.17, 15) is 18.8 Å². The number of para-hydroxylation sites is 1. The van der Waals surface area contributed by atoms with Gasteiger partial charge in [0.1, 0.15) is 24.7 Å². The molecule has 0 saturated carbocycles. The number of benzene rings is 3. The van der Waals surface area contributed by atoms with Crippen LogP contribution in [0.1, 0.15) is 11.1 Å². The van der Waals surface area contributed by atoms with Gasteiger partial charge in [0.25, 0.3) is 11.1 Å². The van der Waals surface area contributed by atoms with Gasteiger partial charge < -0.3 is 10.1 Å². The van der Waals surface area contributed by atoms with Gasteiger partial charge in [-0.05, 0) is 97.2 Å². The van der Waals surface area contributed by atoms with E-state index in [2.05, 4.69) is 37.2 Å². The SMILES string of the molecule is O=C(CN1C(=O)S/C(=C/c2cc(Br)c(OCc3ccc(F)cc3)c(Br)c2)C1=O)Nc1ccccc1Cl. The molecular weight excluding hydrogens is 639 g/mol. The Labute approximate surface area is 232 Å². The van der Waals surface area contributed by atoms with Crippen LogP contribution in [0.15, 0.2) is 74.5 Å². The second-order valence-electron chi connectivity index (χ2n) is 7.52. The van der Waals surface area contributed by atoms with Gasteiger partial charge >= 0.3 is 0 Å². The van der Waals surface area contributed by atoms with Gasteiger partial charge in [0.05, 0.1) is 24.6 Å². The number of anilines is 1. The van der Waals surface area contributed by atoms with E-state index in [0.717, 1.165) is 22.2 Å². The van der Waals surface area contributed by atoms with Crippen molar-refractivity contribution < 1.29 is 23.5 Å². The van der Waals surface area contributed by atoms with E-state index in [-0.39, 0.29) is 17.3 Å². The van der Waals surface area contributed by atoms with Crippen molar-refractivity contribution in [2.45, 2.75) is 6.61 Å². The van der Waals surface area contributed by atoms with Gasteiger partial charge in [-0.3, -0.25) is 19.3 Å². The van der Waals surface area contributed by atoms with Crippen molar-refractivity contribution in [1.82, 2.24) is 4.90 Å². The summed E-state index contributed by atoms with van der Waals surface area (Å²) < 4.78 is 20.2. The molecular formula is C25H16Br2ClFN2O4S. The molecule has 3 amide bonds. The molecule has 4 rings (SSSR count). The molecule has 0 radical (unpaired) electrons. The van der Waals surface area contributed by atoms with Crippen LogP contribution in [0.4, 0.5) is 14.9 Å². The topological polar surface area (TPSA) is 75.7 Å². The maximum atomic E-state index is 13.1. The quantitative estimate of drug-likeness (QED) is 0.272. The minimum atomic E-state index is -0.566. The fourth-order valence-corrected chi connectivity index (χ4v) is 5.69. The average molecular weight is 655 g/mol. The number of carbonyl (C=O) groups is 3. The highest BCUT2D eigenvalue weighted by Crippen LogP contribution is 2.38. The normalized spacial score (nSPS) is 14.4. The Balaban J connectivity index is 1.44. The Morgan fingerprint density at radius 3 is 2.42 bits per heavy atom. The third-order valence-electron chi connectivity index (χ3n) is 4.94.